The molecule has 0 N–H and O–H groups in total. The Kier molecular flexibility index (Phi) is 13.9. The normalized spacial score (nSPS) is 16.7. The van der Waals surface area contributed by atoms with Crippen LogP contribution in [0.4, 0.5) is 0 Å². The van der Waals surface area contributed by atoms with Gasteiger partial charge in [-0.25, -0.2) is 0 Å². The fourth-order valence-corrected chi connectivity index (χ4v) is 9.98. The molecule has 0 bridgehead atoms. The van der Waals surface area contributed by atoms with E-state index in [1.807, 2.05) is 0 Å². The van der Waals surface area contributed by atoms with Crippen LogP contribution in [0.1, 0.15) is 81.3 Å². The third-order valence-electron chi connectivity index (χ3n) is 11.8. The molecule has 3 aliphatic carbocycles. The summed E-state index contributed by atoms with van der Waals surface area (Å²) in [6.07, 6.45) is 11.9. The minimum atomic E-state index is -0.459. The van der Waals surface area contributed by atoms with Gasteiger partial charge in [0.15, 0.2) is 0 Å². The van der Waals surface area contributed by atoms with Crippen LogP contribution < -0.4 is 35.3 Å². The van der Waals surface area contributed by atoms with Gasteiger partial charge in [0.05, 0.1) is 0 Å². The molecule has 9 rings (SSSR count). The third-order valence-corrected chi connectivity index (χ3v) is 13.3. The summed E-state index contributed by atoms with van der Waals surface area (Å²) in [7, 11) is 0. The Balaban J connectivity index is 0.000000320. The van der Waals surface area contributed by atoms with Crippen LogP contribution >= 0.6 is 0 Å². The first kappa shape index (κ1) is 44.9. The van der Waals surface area contributed by atoms with Crippen molar-refractivity contribution >= 4 is 26.0 Å². The van der Waals surface area contributed by atoms with Crippen molar-refractivity contribution in [1.29, 1.82) is 0 Å². The third kappa shape index (κ3) is 8.35. The molecule has 0 amide bonds. The van der Waals surface area contributed by atoms with Crippen molar-refractivity contribution in [3.63, 3.8) is 0 Å². The summed E-state index contributed by atoms with van der Waals surface area (Å²) in [4.78, 5) is 0. The van der Waals surface area contributed by atoms with E-state index in [1.54, 1.807) is 0 Å². The van der Waals surface area contributed by atoms with Crippen molar-refractivity contribution in [2.24, 2.45) is 5.41 Å². The van der Waals surface area contributed by atoms with Gasteiger partial charge in [0, 0.05) is 5.41 Å². The zero-order chi connectivity index (χ0) is 40.5. The van der Waals surface area contributed by atoms with Crippen LogP contribution in [-0.2, 0) is 35.1 Å². The molecule has 60 heavy (non-hydrogen) atoms. The monoisotopic (exact) mass is 895 g/mol. The van der Waals surface area contributed by atoms with Crippen LogP contribution in [0.5, 0.6) is 0 Å². The first-order valence-electron chi connectivity index (χ1n) is 20.5. The molecule has 298 valence electrons. The van der Waals surface area contributed by atoms with Crippen molar-refractivity contribution in [2.75, 3.05) is 0 Å². The molecule has 0 spiro atoms. The van der Waals surface area contributed by atoms with E-state index in [1.165, 1.54) is 105 Å². The SMILES string of the molecule is CC(C)(C)c1ccc2c(c1)=[C-]C1=C(C3=CC=CC3)C(c3ccccc3)(C(C)(C)C)C(c3ccccc3)=C(c3ccccc3)C=21.[Cl-].[Cl-].[Zr+2]=[C](c1ccccc1)c1ccccc1. The number of fused-ring (bicyclic) bond motifs is 2. The first-order chi connectivity index (χ1) is 28.0. The van der Waals surface area contributed by atoms with Crippen molar-refractivity contribution in [1.82, 2.24) is 0 Å². The Morgan fingerprint density at radius 2 is 1.07 bits per heavy atom. The van der Waals surface area contributed by atoms with Gasteiger partial charge in [0.1, 0.15) is 0 Å². The van der Waals surface area contributed by atoms with Gasteiger partial charge in [-0.2, -0.15) is 0 Å². The zero-order valence-electron chi connectivity index (χ0n) is 35.4. The Morgan fingerprint density at radius 3 is 1.55 bits per heavy atom. The summed E-state index contributed by atoms with van der Waals surface area (Å²) >= 11 is 1.46. The average molecular weight is 898 g/mol. The summed E-state index contributed by atoms with van der Waals surface area (Å²) in [6.45, 7) is 14.2. The van der Waals surface area contributed by atoms with Crippen LogP contribution in [0.2, 0.25) is 0 Å². The first-order valence-corrected chi connectivity index (χ1v) is 21.7. The van der Waals surface area contributed by atoms with Crippen molar-refractivity contribution in [3.05, 3.63) is 249 Å². The molecule has 1 atom stereocenters. The van der Waals surface area contributed by atoms with Gasteiger partial charge < -0.3 is 24.8 Å². The fraction of sp³-hybridized carbons (Fsp3) is 0.175. The summed E-state index contributed by atoms with van der Waals surface area (Å²) in [5, 5.41) is 2.48. The standard InChI is InChI=1S/C44H41.C13H10.2ClH.Zr/c1-42(2,3)35-26-27-36-33(28-35)29-37-39(36)38(30-18-10-7-11-19-30)41(32-20-12-8-13-21-32)44(43(4,5)6,34-24-14-9-15-25-34)40(37)31-22-16-17-23-31;1-3-7-12(8-4-1)11-13-9-5-2-6-10-13;;;/h7-22,24-28H,23H2,1-6H3;1-10H;2*1H;/q-1;;;;+2/p-2. The second kappa shape index (κ2) is 18.5. The van der Waals surface area contributed by atoms with E-state index >= 15 is 0 Å². The zero-order valence-corrected chi connectivity index (χ0v) is 39.3. The van der Waals surface area contributed by atoms with Crippen molar-refractivity contribution in [2.45, 2.75) is 58.8 Å². The maximum absolute atomic E-state index is 4.08. The van der Waals surface area contributed by atoms with Gasteiger partial charge in [-0.1, -0.05) is 180 Å². The number of hydrogen-bond acceptors (Lipinski definition) is 0. The van der Waals surface area contributed by atoms with E-state index in [9.17, 15) is 0 Å². The van der Waals surface area contributed by atoms with Gasteiger partial charge >= 0.3 is 99.2 Å². The molecule has 1 unspecified atom stereocenters. The van der Waals surface area contributed by atoms with E-state index in [0.29, 0.717) is 0 Å². The van der Waals surface area contributed by atoms with Crippen molar-refractivity contribution in [3.8, 4) is 0 Å². The summed E-state index contributed by atoms with van der Waals surface area (Å²) in [5.74, 6) is 0. The van der Waals surface area contributed by atoms with E-state index in [2.05, 4.69) is 236 Å². The molecular formula is C57H51Cl2Zr-. The molecule has 0 heterocycles. The second-order valence-electron chi connectivity index (χ2n) is 17.5. The molecule has 0 fully saturated rings. The summed E-state index contributed by atoms with van der Waals surface area (Å²) in [5.41, 5.74) is 15.3. The van der Waals surface area contributed by atoms with Crippen LogP contribution in [0.25, 0.3) is 22.8 Å². The van der Waals surface area contributed by atoms with E-state index in [4.69, 9.17) is 0 Å². The second-order valence-corrected chi connectivity index (χ2v) is 18.8. The van der Waals surface area contributed by atoms with Gasteiger partial charge in [-0.3, -0.25) is 0 Å². The quantitative estimate of drug-likeness (QED) is 0.170. The molecule has 0 radical (unpaired) electrons. The van der Waals surface area contributed by atoms with Crippen LogP contribution in [-0.4, -0.2) is 3.21 Å². The number of rotatable bonds is 6. The number of halogens is 2. The van der Waals surface area contributed by atoms with Crippen molar-refractivity contribution < 1.29 is 49.0 Å². The Labute approximate surface area is 385 Å². The van der Waals surface area contributed by atoms with E-state index in [-0.39, 0.29) is 35.6 Å². The number of allylic oxidation sites excluding steroid dienone is 8. The minimum absolute atomic E-state index is 0. The predicted octanol–water partition coefficient (Wildman–Crippen LogP) is 6.41. The molecule has 0 saturated heterocycles. The van der Waals surface area contributed by atoms with E-state index in [0.717, 1.165) is 6.42 Å². The van der Waals surface area contributed by atoms with Crippen LogP contribution in [0.3, 0.4) is 0 Å². The van der Waals surface area contributed by atoms with Gasteiger partial charge in [-0.15, -0.1) is 33.7 Å². The molecule has 0 saturated carbocycles. The van der Waals surface area contributed by atoms with Crippen LogP contribution in [0.15, 0.2) is 205 Å². The Hall–Kier alpha value is -4.65. The molecule has 0 aliphatic heterocycles. The fourth-order valence-electron chi connectivity index (χ4n) is 9.17. The molecule has 6 aromatic rings. The summed E-state index contributed by atoms with van der Waals surface area (Å²) in [6, 6.07) is 61.7. The summed E-state index contributed by atoms with van der Waals surface area (Å²) < 4.78 is 1.42. The molecule has 3 heteroatoms. The molecule has 3 aliphatic rings. The van der Waals surface area contributed by atoms with Gasteiger partial charge in [-0.05, 0) is 45.1 Å². The Morgan fingerprint density at radius 1 is 0.567 bits per heavy atom. The van der Waals surface area contributed by atoms with E-state index < -0.39 is 5.41 Å². The Bertz CT molecular complexity index is 2690. The van der Waals surface area contributed by atoms with Gasteiger partial charge in [0.25, 0.3) is 0 Å². The topological polar surface area (TPSA) is 0 Å². The number of hydrogen-bond donors (Lipinski definition) is 0. The maximum atomic E-state index is 4.08. The average Bonchev–Trinajstić information content (AvgIpc) is 3.92. The molecule has 0 aromatic heterocycles. The number of benzene rings is 6. The van der Waals surface area contributed by atoms with Crippen LogP contribution in [0, 0.1) is 5.41 Å². The van der Waals surface area contributed by atoms with Gasteiger partial charge in [0.2, 0.25) is 0 Å². The predicted molar refractivity (Wildman–Crippen MR) is 243 cm³/mol. The molecule has 0 nitrogen and oxygen atoms in total. The molecule has 6 aromatic carbocycles. The molecular weight excluding hydrogens is 847 g/mol.